The molecule has 1 saturated heterocycles. The number of hydrogen-bond acceptors (Lipinski definition) is 2. The van der Waals surface area contributed by atoms with E-state index in [-0.39, 0.29) is 17.8 Å². The van der Waals surface area contributed by atoms with E-state index in [1.165, 1.54) is 12.1 Å². The van der Waals surface area contributed by atoms with Crippen LogP contribution in [0.4, 0.5) is 4.39 Å². The molecule has 2 N–H and O–H groups in total. The van der Waals surface area contributed by atoms with E-state index >= 15 is 0 Å². The minimum atomic E-state index is -0.704. The predicted molar refractivity (Wildman–Crippen MR) is 80.2 cm³/mol. The molecule has 3 rings (SSSR count). The third-order valence-electron chi connectivity index (χ3n) is 5.28. The summed E-state index contributed by atoms with van der Waals surface area (Å²) in [5.41, 5.74) is 6.16. The highest BCUT2D eigenvalue weighted by Crippen LogP contribution is 2.39. The Morgan fingerprint density at radius 2 is 2.10 bits per heavy atom. The lowest BCUT2D eigenvalue weighted by atomic mass is 9.83. The van der Waals surface area contributed by atoms with Gasteiger partial charge in [0.05, 0.1) is 5.41 Å². The van der Waals surface area contributed by atoms with Gasteiger partial charge in [-0.05, 0) is 56.2 Å². The van der Waals surface area contributed by atoms with E-state index in [4.69, 9.17) is 5.73 Å². The number of hydrogen-bond donors (Lipinski definition) is 1. The molecule has 3 nitrogen and oxygen atoms in total. The summed E-state index contributed by atoms with van der Waals surface area (Å²) in [5, 5.41) is 0. The van der Waals surface area contributed by atoms with E-state index in [2.05, 4.69) is 0 Å². The van der Waals surface area contributed by atoms with Crippen molar-refractivity contribution in [1.29, 1.82) is 0 Å². The molecule has 0 bridgehead atoms. The Balaban J connectivity index is 1.79. The first-order valence-corrected chi connectivity index (χ1v) is 7.70. The maximum absolute atomic E-state index is 13.4. The Labute approximate surface area is 125 Å². The fraction of sp³-hybridized carbons (Fsp3) is 0.588. The Hall–Kier alpha value is -1.42. The number of fused-ring (bicyclic) bond motifs is 1. The van der Waals surface area contributed by atoms with Crippen molar-refractivity contribution in [3.63, 3.8) is 0 Å². The normalized spacial score (nSPS) is 28.8. The summed E-state index contributed by atoms with van der Waals surface area (Å²) in [5.74, 6) is 0.771. The molecule has 4 heteroatoms. The SMILES string of the molecule is CC(C)(C(=O)N1CC2CCC(N)C2C1)c1cccc(F)c1. The van der Waals surface area contributed by atoms with Crippen LogP contribution in [0.3, 0.4) is 0 Å². The lowest BCUT2D eigenvalue weighted by Crippen LogP contribution is -2.43. The number of benzene rings is 1. The van der Waals surface area contributed by atoms with Crippen molar-refractivity contribution in [3.05, 3.63) is 35.6 Å². The third kappa shape index (κ3) is 2.46. The zero-order valence-corrected chi connectivity index (χ0v) is 12.7. The van der Waals surface area contributed by atoms with Crippen LogP contribution in [0.2, 0.25) is 0 Å². The molecule has 21 heavy (non-hydrogen) atoms. The number of rotatable bonds is 2. The van der Waals surface area contributed by atoms with Crippen LogP contribution < -0.4 is 5.73 Å². The Morgan fingerprint density at radius 1 is 1.33 bits per heavy atom. The molecule has 114 valence electrons. The van der Waals surface area contributed by atoms with Gasteiger partial charge in [0.2, 0.25) is 5.91 Å². The standard InChI is InChI=1S/C17H23FN2O/c1-17(2,12-4-3-5-13(18)8-12)16(21)20-9-11-6-7-15(19)14(11)10-20/h3-5,8,11,14-15H,6-7,9-10,19H2,1-2H3. The van der Waals surface area contributed by atoms with Crippen LogP contribution in [0, 0.1) is 17.7 Å². The summed E-state index contributed by atoms with van der Waals surface area (Å²) in [6, 6.07) is 6.58. The van der Waals surface area contributed by atoms with Crippen LogP contribution in [-0.2, 0) is 10.2 Å². The topological polar surface area (TPSA) is 46.3 Å². The first-order chi connectivity index (χ1) is 9.89. The van der Waals surface area contributed by atoms with Crippen LogP contribution in [0.15, 0.2) is 24.3 Å². The maximum Gasteiger partial charge on any atom is 0.232 e. The van der Waals surface area contributed by atoms with Crippen molar-refractivity contribution in [2.75, 3.05) is 13.1 Å². The molecule has 3 atom stereocenters. The van der Waals surface area contributed by atoms with E-state index in [1.54, 1.807) is 6.07 Å². The van der Waals surface area contributed by atoms with Gasteiger partial charge in [0.1, 0.15) is 5.82 Å². The summed E-state index contributed by atoms with van der Waals surface area (Å²) in [6.07, 6.45) is 2.20. The number of likely N-dealkylation sites (tertiary alicyclic amines) is 1. The van der Waals surface area contributed by atoms with Gasteiger partial charge >= 0.3 is 0 Å². The van der Waals surface area contributed by atoms with Crippen LogP contribution in [0.25, 0.3) is 0 Å². The Bertz CT molecular complexity index is 557. The van der Waals surface area contributed by atoms with Gasteiger partial charge in [-0.2, -0.15) is 0 Å². The fourth-order valence-corrected chi connectivity index (χ4v) is 3.87. The van der Waals surface area contributed by atoms with Crippen LogP contribution in [0.5, 0.6) is 0 Å². The van der Waals surface area contributed by atoms with Crippen molar-refractivity contribution in [2.24, 2.45) is 17.6 Å². The quantitative estimate of drug-likeness (QED) is 0.908. The average Bonchev–Trinajstić information content (AvgIpc) is 3.00. The number of nitrogens with zero attached hydrogens (tertiary/aromatic N) is 1. The number of halogens is 1. The van der Waals surface area contributed by atoms with E-state index in [1.807, 2.05) is 24.8 Å². The van der Waals surface area contributed by atoms with Crippen LogP contribution in [0.1, 0.15) is 32.3 Å². The molecule has 2 fully saturated rings. The second kappa shape index (κ2) is 5.09. The van der Waals surface area contributed by atoms with Gasteiger partial charge in [-0.15, -0.1) is 0 Å². The number of nitrogens with two attached hydrogens (primary N) is 1. The predicted octanol–water partition coefficient (Wildman–Crippen LogP) is 2.30. The van der Waals surface area contributed by atoms with Gasteiger partial charge in [0.25, 0.3) is 0 Å². The van der Waals surface area contributed by atoms with Gasteiger partial charge in [0.15, 0.2) is 0 Å². The molecule has 2 aliphatic rings. The minimum Gasteiger partial charge on any atom is -0.341 e. The lowest BCUT2D eigenvalue weighted by Gasteiger charge is -2.30. The molecule has 1 heterocycles. The fourth-order valence-electron chi connectivity index (χ4n) is 3.87. The molecule has 0 radical (unpaired) electrons. The summed E-state index contributed by atoms with van der Waals surface area (Å²) >= 11 is 0. The monoisotopic (exact) mass is 290 g/mol. The number of amides is 1. The minimum absolute atomic E-state index is 0.0784. The first kappa shape index (κ1) is 14.5. The zero-order chi connectivity index (χ0) is 15.2. The number of carbonyl (C=O) groups excluding carboxylic acids is 1. The van der Waals surface area contributed by atoms with E-state index in [0.717, 1.165) is 31.5 Å². The van der Waals surface area contributed by atoms with Crippen molar-refractivity contribution < 1.29 is 9.18 Å². The highest BCUT2D eigenvalue weighted by molar-refractivity contribution is 5.87. The summed E-state index contributed by atoms with van der Waals surface area (Å²) in [7, 11) is 0. The molecule has 1 amide bonds. The van der Waals surface area contributed by atoms with Crippen LogP contribution in [-0.4, -0.2) is 29.9 Å². The zero-order valence-electron chi connectivity index (χ0n) is 12.7. The molecular formula is C17H23FN2O. The first-order valence-electron chi connectivity index (χ1n) is 7.70. The van der Waals surface area contributed by atoms with Gasteiger partial charge in [-0.25, -0.2) is 4.39 Å². The Kier molecular flexibility index (Phi) is 3.52. The summed E-state index contributed by atoms with van der Waals surface area (Å²) in [6.45, 7) is 5.30. The van der Waals surface area contributed by atoms with Crippen molar-refractivity contribution >= 4 is 5.91 Å². The number of carbonyl (C=O) groups is 1. The smallest absolute Gasteiger partial charge is 0.232 e. The molecule has 1 saturated carbocycles. The lowest BCUT2D eigenvalue weighted by molar-refractivity contribution is -0.135. The summed E-state index contributed by atoms with van der Waals surface area (Å²) < 4.78 is 13.4. The summed E-state index contributed by atoms with van der Waals surface area (Å²) in [4.78, 5) is 14.8. The highest BCUT2D eigenvalue weighted by Gasteiger charge is 2.45. The Morgan fingerprint density at radius 3 is 2.76 bits per heavy atom. The van der Waals surface area contributed by atoms with Gasteiger partial charge in [-0.1, -0.05) is 12.1 Å². The average molecular weight is 290 g/mol. The molecule has 1 aromatic rings. The molecule has 1 aromatic carbocycles. The molecule has 0 aromatic heterocycles. The van der Waals surface area contributed by atoms with Crippen LogP contribution >= 0.6 is 0 Å². The van der Waals surface area contributed by atoms with E-state index in [9.17, 15) is 9.18 Å². The maximum atomic E-state index is 13.4. The highest BCUT2D eigenvalue weighted by atomic mass is 19.1. The van der Waals surface area contributed by atoms with Crippen molar-refractivity contribution in [3.8, 4) is 0 Å². The third-order valence-corrected chi connectivity index (χ3v) is 5.28. The van der Waals surface area contributed by atoms with E-state index in [0.29, 0.717) is 11.8 Å². The molecule has 3 unspecified atom stereocenters. The van der Waals surface area contributed by atoms with Crippen molar-refractivity contribution in [1.82, 2.24) is 4.90 Å². The largest absolute Gasteiger partial charge is 0.341 e. The van der Waals surface area contributed by atoms with Crippen molar-refractivity contribution in [2.45, 2.75) is 38.1 Å². The molecule has 1 aliphatic carbocycles. The molecule has 1 aliphatic heterocycles. The van der Waals surface area contributed by atoms with Gasteiger partial charge < -0.3 is 10.6 Å². The second-order valence-corrected chi connectivity index (χ2v) is 7.01. The second-order valence-electron chi connectivity index (χ2n) is 7.01. The molecule has 0 spiro atoms. The molecular weight excluding hydrogens is 267 g/mol. The van der Waals surface area contributed by atoms with E-state index < -0.39 is 5.41 Å². The van der Waals surface area contributed by atoms with Gasteiger partial charge in [0, 0.05) is 19.1 Å². The van der Waals surface area contributed by atoms with Gasteiger partial charge in [-0.3, -0.25) is 4.79 Å².